The van der Waals surface area contributed by atoms with Gasteiger partial charge in [-0.05, 0) is 25.7 Å². The molecule has 4 heteroatoms. The highest BCUT2D eigenvalue weighted by molar-refractivity contribution is 6.70. The average molecular weight is 199 g/mol. The Hall–Kier alpha value is -1.03. The Morgan fingerprint density at radius 3 is 2.31 bits per heavy atom. The van der Waals surface area contributed by atoms with Crippen molar-refractivity contribution < 1.29 is 8.82 Å². The Labute approximate surface area is 78.6 Å². The van der Waals surface area contributed by atoms with Gasteiger partial charge in [0.15, 0.2) is 0 Å². The number of anilines is 1. The Bertz CT molecular complexity index is 289. The van der Waals surface area contributed by atoms with Gasteiger partial charge in [0.25, 0.3) is 0 Å². The molecule has 1 aromatic rings. The largest absolute Gasteiger partial charge is 0.544 e. The van der Waals surface area contributed by atoms with E-state index >= 15 is 0 Å². The summed E-state index contributed by atoms with van der Waals surface area (Å²) in [5, 5.41) is 0. The van der Waals surface area contributed by atoms with Crippen molar-refractivity contribution in [3.05, 3.63) is 24.0 Å². The van der Waals surface area contributed by atoms with Gasteiger partial charge in [-0.1, -0.05) is 0 Å². The second-order valence-electron chi connectivity index (χ2n) is 3.93. The van der Waals surface area contributed by atoms with E-state index < -0.39 is 8.32 Å². The van der Waals surface area contributed by atoms with E-state index in [0.29, 0.717) is 11.4 Å². The van der Waals surface area contributed by atoms with Crippen LogP contribution >= 0.6 is 0 Å². The van der Waals surface area contributed by atoms with Gasteiger partial charge in [0, 0.05) is 17.8 Å². The van der Waals surface area contributed by atoms with Gasteiger partial charge in [0.05, 0.1) is 0 Å². The minimum absolute atomic E-state index is 0.353. The fourth-order valence-electron chi connectivity index (χ4n) is 0.997. The maximum atomic E-state index is 12.9. The Balaban J connectivity index is 2.90. The molecule has 72 valence electrons. The summed E-state index contributed by atoms with van der Waals surface area (Å²) in [5.41, 5.74) is 5.87. The lowest BCUT2D eigenvalue weighted by Gasteiger charge is -2.19. The van der Waals surface area contributed by atoms with Crippen molar-refractivity contribution in [1.82, 2.24) is 0 Å². The Morgan fingerprint density at radius 1 is 1.23 bits per heavy atom. The molecular weight excluding hydrogens is 185 g/mol. The average Bonchev–Trinajstić information content (AvgIpc) is 1.78. The highest BCUT2D eigenvalue weighted by Gasteiger charge is 2.16. The van der Waals surface area contributed by atoms with Crippen molar-refractivity contribution in [2.75, 3.05) is 5.73 Å². The van der Waals surface area contributed by atoms with Crippen LogP contribution in [0.5, 0.6) is 5.75 Å². The lowest BCUT2D eigenvalue weighted by atomic mass is 10.3. The van der Waals surface area contributed by atoms with Crippen LogP contribution in [-0.4, -0.2) is 8.32 Å². The van der Waals surface area contributed by atoms with Gasteiger partial charge in [-0.15, -0.1) is 0 Å². The summed E-state index contributed by atoms with van der Waals surface area (Å²) in [5.74, 6) is 0.171. The number of hydrogen-bond donors (Lipinski definition) is 1. The summed E-state index contributed by atoms with van der Waals surface area (Å²) in [6.07, 6.45) is 0. The molecule has 0 spiro atoms. The van der Waals surface area contributed by atoms with Crippen molar-refractivity contribution >= 4 is 14.0 Å². The summed E-state index contributed by atoms with van der Waals surface area (Å²) < 4.78 is 18.4. The number of nitrogen functional groups attached to an aromatic ring is 1. The van der Waals surface area contributed by atoms with Gasteiger partial charge in [-0.2, -0.15) is 0 Å². The van der Waals surface area contributed by atoms with Gasteiger partial charge in [0.2, 0.25) is 8.32 Å². The summed E-state index contributed by atoms with van der Waals surface area (Å²) in [7, 11) is -1.67. The quantitative estimate of drug-likeness (QED) is 0.587. The molecule has 0 radical (unpaired) electrons. The van der Waals surface area contributed by atoms with E-state index in [2.05, 4.69) is 0 Å². The van der Waals surface area contributed by atoms with Crippen LogP contribution in [0, 0.1) is 5.82 Å². The fraction of sp³-hybridized carbons (Fsp3) is 0.333. The summed E-state index contributed by atoms with van der Waals surface area (Å²) in [6, 6.07) is 4.27. The SMILES string of the molecule is C[Si](C)(C)Oc1cc(N)cc(F)c1. The molecule has 1 aromatic carbocycles. The number of nitrogens with two attached hydrogens (primary N) is 1. The van der Waals surface area contributed by atoms with E-state index in [9.17, 15) is 4.39 Å². The predicted molar refractivity (Wildman–Crippen MR) is 54.8 cm³/mol. The Kier molecular flexibility index (Phi) is 2.61. The number of benzene rings is 1. The van der Waals surface area contributed by atoms with Gasteiger partial charge in [0.1, 0.15) is 11.6 Å². The van der Waals surface area contributed by atoms with Crippen LogP contribution in [0.4, 0.5) is 10.1 Å². The third-order valence-corrected chi connectivity index (χ3v) is 2.17. The van der Waals surface area contributed by atoms with Crippen LogP contribution in [0.25, 0.3) is 0 Å². The van der Waals surface area contributed by atoms with E-state index in [1.165, 1.54) is 12.1 Å². The number of halogens is 1. The van der Waals surface area contributed by atoms with E-state index in [1.807, 2.05) is 19.6 Å². The molecule has 0 unspecified atom stereocenters. The summed E-state index contributed by atoms with van der Waals surface area (Å²) >= 11 is 0. The van der Waals surface area contributed by atoms with Gasteiger partial charge in [-0.3, -0.25) is 0 Å². The summed E-state index contributed by atoms with van der Waals surface area (Å²) in [4.78, 5) is 0. The lowest BCUT2D eigenvalue weighted by molar-refractivity contribution is 0.545. The van der Waals surface area contributed by atoms with Gasteiger partial charge >= 0.3 is 0 Å². The van der Waals surface area contributed by atoms with E-state index in [-0.39, 0.29) is 5.82 Å². The maximum Gasteiger partial charge on any atom is 0.242 e. The lowest BCUT2D eigenvalue weighted by Crippen LogP contribution is -2.29. The monoisotopic (exact) mass is 199 g/mol. The first kappa shape index (κ1) is 10.1. The maximum absolute atomic E-state index is 12.9. The molecule has 13 heavy (non-hydrogen) atoms. The fourth-order valence-corrected chi connectivity index (χ4v) is 1.82. The molecule has 0 aliphatic rings. The third kappa shape index (κ3) is 3.46. The smallest absolute Gasteiger partial charge is 0.242 e. The van der Waals surface area contributed by atoms with Crippen LogP contribution in [0.1, 0.15) is 0 Å². The van der Waals surface area contributed by atoms with E-state index in [1.54, 1.807) is 6.07 Å². The van der Waals surface area contributed by atoms with Crippen molar-refractivity contribution in [2.24, 2.45) is 0 Å². The van der Waals surface area contributed by atoms with Crippen LogP contribution in [0.3, 0.4) is 0 Å². The van der Waals surface area contributed by atoms with Crippen molar-refractivity contribution in [2.45, 2.75) is 19.6 Å². The second kappa shape index (κ2) is 3.37. The molecule has 0 aromatic heterocycles. The van der Waals surface area contributed by atoms with Crippen LogP contribution in [-0.2, 0) is 0 Å². The zero-order valence-corrected chi connectivity index (χ0v) is 9.10. The topological polar surface area (TPSA) is 35.2 Å². The molecule has 1 rings (SSSR count). The molecule has 0 aliphatic heterocycles. The first-order valence-corrected chi connectivity index (χ1v) is 7.53. The third-order valence-electron chi connectivity index (χ3n) is 1.32. The van der Waals surface area contributed by atoms with Crippen LogP contribution in [0.2, 0.25) is 19.6 Å². The van der Waals surface area contributed by atoms with E-state index in [0.717, 1.165) is 0 Å². The van der Waals surface area contributed by atoms with Crippen molar-refractivity contribution in [3.8, 4) is 5.75 Å². The molecule has 0 bridgehead atoms. The highest BCUT2D eigenvalue weighted by Crippen LogP contribution is 2.20. The van der Waals surface area contributed by atoms with Crippen LogP contribution < -0.4 is 10.2 Å². The normalized spacial score (nSPS) is 11.4. The molecule has 2 N–H and O–H groups in total. The first-order valence-electron chi connectivity index (χ1n) is 4.12. The van der Waals surface area contributed by atoms with Crippen molar-refractivity contribution in [3.63, 3.8) is 0 Å². The number of rotatable bonds is 2. The molecule has 0 atom stereocenters. The number of hydrogen-bond acceptors (Lipinski definition) is 2. The minimum Gasteiger partial charge on any atom is -0.544 e. The zero-order valence-electron chi connectivity index (χ0n) is 8.10. The Morgan fingerprint density at radius 2 is 1.85 bits per heavy atom. The van der Waals surface area contributed by atoms with Crippen molar-refractivity contribution in [1.29, 1.82) is 0 Å². The molecular formula is C9H14FNOSi. The summed E-state index contributed by atoms with van der Waals surface area (Å²) in [6.45, 7) is 6.11. The predicted octanol–water partition coefficient (Wildman–Crippen LogP) is 2.62. The molecule has 0 amide bonds. The molecule has 0 saturated carbocycles. The standard InChI is InChI=1S/C9H14FNOSi/c1-13(2,3)12-9-5-7(10)4-8(11)6-9/h4-6H,11H2,1-3H3. The molecule has 0 aliphatic carbocycles. The molecule has 0 saturated heterocycles. The molecule has 2 nitrogen and oxygen atoms in total. The zero-order chi connectivity index (χ0) is 10.1. The molecule has 0 fully saturated rings. The van der Waals surface area contributed by atoms with E-state index in [4.69, 9.17) is 10.2 Å². The minimum atomic E-state index is -1.67. The second-order valence-corrected chi connectivity index (χ2v) is 8.36. The van der Waals surface area contributed by atoms with Gasteiger partial charge in [-0.25, -0.2) is 4.39 Å². The van der Waals surface area contributed by atoms with Gasteiger partial charge < -0.3 is 10.2 Å². The highest BCUT2D eigenvalue weighted by atomic mass is 28.4. The first-order chi connectivity index (χ1) is 5.87. The molecule has 0 heterocycles. The van der Waals surface area contributed by atoms with Crippen LogP contribution in [0.15, 0.2) is 18.2 Å².